The van der Waals surface area contributed by atoms with Crippen LogP contribution >= 0.6 is 0 Å². The van der Waals surface area contributed by atoms with E-state index in [1.807, 2.05) is 0 Å². The first-order chi connectivity index (χ1) is 21.3. The topological polar surface area (TPSA) is 15.7 Å². The number of hydrogen-bond acceptors (Lipinski definition) is 3. The van der Waals surface area contributed by atoms with Gasteiger partial charge in [0.15, 0.2) is 0 Å². The van der Waals surface area contributed by atoms with Crippen LogP contribution in [0.15, 0.2) is 54.6 Å². The van der Waals surface area contributed by atoms with Gasteiger partial charge in [0.1, 0.15) is 12.4 Å². The number of fused-ring (bicyclic) bond motifs is 1. The lowest BCUT2D eigenvalue weighted by molar-refractivity contribution is 0.307. The third-order valence-corrected chi connectivity index (χ3v) is 8.79. The maximum atomic E-state index is 5.73. The summed E-state index contributed by atoms with van der Waals surface area (Å²) in [6.45, 7) is 12.3. The van der Waals surface area contributed by atoms with Crippen molar-refractivity contribution in [1.82, 2.24) is 0 Å². The van der Waals surface area contributed by atoms with Crippen molar-refractivity contribution in [2.24, 2.45) is 0 Å². The first-order valence-electron chi connectivity index (χ1n) is 18.6. The molecule has 3 heteroatoms. The molecule has 3 rings (SSSR count). The number of anilines is 2. The minimum Gasteiger partial charge on any atom is -0.490 e. The van der Waals surface area contributed by atoms with Gasteiger partial charge in [-0.3, -0.25) is 0 Å². The van der Waals surface area contributed by atoms with E-state index in [0.29, 0.717) is 0 Å². The molecule has 0 spiro atoms. The van der Waals surface area contributed by atoms with Gasteiger partial charge >= 0.3 is 0 Å². The van der Waals surface area contributed by atoms with E-state index < -0.39 is 0 Å². The number of rotatable bonds is 24. The fourth-order valence-corrected chi connectivity index (χ4v) is 6.04. The van der Waals surface area contributed by atoms with Crippen LogP contribution in [0.1, 0.15) is 149 Å². The molecule has 0 radical (unpaired) electrons. The summed E-state index contributed by atoms with van der Waals surface area (Å²) in [7, 11) is 0. The number of benzene rings is 2. The number of nitrogens with zero attached hydrogens (tertiary/aromatic N) is 2. The molecular weight excluding hydrogens is 524 g/mol. The van der Waals surface area contributed by atoms with Gasteiger partial charge in [-0.25, -0.2) is 0 Å². The minimum absolute atomic E-state index is 0.829. The van der Waals surface area contributed by atoms with Gasteiger partial charge < -0.3 is 14.5 Å². The normalized spacial score (nSPS) is 12.3. The molecule has 1 heterocycles. The Balaban J connectivity index is 0.000000309. The predicted molar refractivity (Wildman–Crippen MR) is 192 cm³/mol. The van der Waals surface area contributed by atoms with Crippen LogP contribution in [0.5, 0.6) is 5.75 Å². The smallest absolute Gasteiger partial charge is 0.142 e. The Kier molecular flexibility index (Phi) is 22.6. The molecular formula is C40H68N2O. The molecule has 0 aliphatic carbocycles. The highest BCUT2D eigenvalue weighted by Gasteiger charge is 2.16. The number of hydrogen-bond donors (Lipinski definition) is 0. The molecule has 0 bridgehead atoms. The molecule has 0 aromatic heterocycles. The Hall–Kier alpha value is -2.16. The van der Waals surface area contributed by atoms with Crippen LogP contribution in [0.3, 0.4) is 0 Å². The van der Waals surface area contributed by atoms with E-state index in [1.165, 1.54) is 159 Å². The van der Waals surface area contributed by atoms with E-state index >= 15 is 0 Å². The number of unbranched alkanes of at least 4 members (excludes halogenated alkanes) is 17. The summed E-state index contributed by atoms with van der Waals surface area (Å²) in [6.07, 6.45) is 27.8. The van der Waals surface area contributed by atoms with Crippen LogP contribution in [-0.4, -0.2) is 32.8 Å². The second kappa shape index (κ2) is 26.3. The molecule has 0 saturated carbocycles. The van der Waals surface area contributed by atoms with Gasteiger partial charge in [0, 0.05) is 25.3 Å². The SMILES string of the molecule is CCCCCCCCCCCCCCN1CCOc2ccccc21.CCCCCCCCN(CCCC)c1ccccc1. The second-order valence-corrected chi connectivity index (χ2v) is 12.6. The van der Waals surface area contributed by atoms with Gasteiger partial charge in [0.25, 0.3) is 0 Å². The van der Waals surface area contributed by atoms with E-state index in [0.717, 1.165) is 18.9 Å². The number of ether oxygens (including phenoxy) is 1. The van der Waals surface area contributed by atoms with E-state index in [1.54, 1.807) is 0 Å². The molecule has 0 atom stereocenters. The molecule has 0 N–H and O–H groups in total. The largest absolute Gasteiger partial charge is 0.490 e. The Morgan fingerprint density at radius 1 is 0.535 bits per heavy atom. The molecule has 2 aromatic carbocycles. The zero-order valence-corrected chi connectivity index (χ0v) is 28.7. The quantitative estimate of drug-likeness (QED) is 0.113. The third kappa shape index (κ3) is 17.7. The summed E-state index contributed by atoms with van der Waals surface area (Å²) in [5.41, 5.74) is 2.68. The summed E-state index contributed by atoms with van der Waals surface area (Å²) < 4.78 is 5.73. The van der Waals surface area contributed by atoms with Crippen molar-refractivity contribution in [1.29, 1.82) is 0 Å². The van der Waals surface area contributed by atoms with Crippen LogP contribution < -0.4 is 14.5 Å². The number of para-hydroxylation sites is 3. The maximum absolute atomic E-state index is 5.73. The average molecular weight is 593 g/mol. The lowest BCUT2D eigenvalue weighted by atomic mass is 10.1. The predicted octanol–water partition coefficient (Wildman–Crippen LogP) is 12.2. The van der Waals surface area contributed by atoms with Gasteiger partial charge in [-0.15, -0.1) is 0 Å². The molecule has 0 amide bonds. The Morgan fingerprint density at radius 2 is 1.02 bits per heavy atom. The fraction of sp³-hybridized carbons (Fsp3) is 0.700. The van der Waals surface area contributed by atoms with Crippen molar-refractivity contribution in [2.75, 3.05) is 42.6 Å². The van der Waals surface area contributed by atoms with Crippen molar-refractivity contribution in [3.8, 4) is 5.75 Å². The molecule has 0 saturated heterocycles. The highest BCUT2D eigenvalue weighted by molar-refractivity contribution is 5.59. The molecule has 43 heavy (non-hydrogen) atoms. The molecule has 0 unspecified atom stereocenters. The van der Waals surface area contributed by atoms with E-state index in [4.69, 9.17) is 4.74 Å². The van der Waals surface area contributed by atoms with E-state index in [2.05, 4.69) is 85.2 Å². The van der Waals surface area contributed by atoms with Crippen LogP contribution in [0, 0.1) is 0 Å². The lowest BCUT2D eigenvalue weighted by Crippen LogP contribution is -2.33. The highest BCUT2D eigenvalue weighted by atomic mass is 16.5. The molecule has 0 fully saturated rings. The van der Waals surface area contributed by atoms with Crippen molar-refractivity contribution >= 4 is 11.4 Å². The minimum atomic E-state index is 0.829. The van der Waals surface area contributed by atoms with E-state index in [9.17, 15) is 0 Å². The van der Waals surface area contributed by atoms with Gasteiger partial charge in [0.2, 0.25) is 0 Å². The van der Waals surface area contributed by atoms with Gasteiger partial charge in [-0.2, -0.15) is 0 Å². The average Bonchev–Trinajstić information content (AvgIpc) is 3.05. The maximum Gasteiger partial charge on any atom is 0.142 e. The summed E-state index contributed by atoms with van der Waals surface area (Å²) in [6, 6.07) is 19.3. The Bertz CT molecular complexity index is 870. The second-order valence-electron chi connectivity index (χ2n) is 12.6. The standard InChI is InChI=1S/C22H37NO.C18H31N/c1-2-3-4-5-6-7-8-9-10-11-12-15-18-23-19-20-24-22-17-14-13-16-21(22)23;1-3-5-7-8-9-13-17-19(16-6-4-2)18-14-11-10-12-15-18/h13-14,16-17H,2-12,15,18-20H2,1H3;10-12,14-15H,3-9,13,16-17H2,1-2H3. The van der Waals surface area contributed by atoms with Crippen LogP contribution in [-0.2, 0) is 0 Å². The molecule has 1 aliphatic heterocycles. The Morgan fingerprint density at radius 3 is 1.63 bits per heavy atom. The lowest BCUT2D eigenvalue weighted by Gasteiger charge is -2.31. The fourth-order valence-electron chi connectivity index (χ4n) is 6.04. The first-order valence-corrected chi connectivity index (χ1v) is 18.6. The Labute approximate surface area is 267 Å². The molecule has 244 valence electrons. The van der Waals surface area contributed by atoms with Crippen LogP contribution in [0.25, 0.3) is 0 Å². The summed E-state index contributed by atoms with van der Waals surface area (Å²) >= 11 is 0. The zero-order chi connectivity index (χ0) is 30.6. The van der Waals surface area contributed by atoms with Crippen molar-refractivity contribution in [3.05, 3.63) is 54.6 Å². The van der Waals surface area contributed by atoms with Crippen molar-refractivity contribution in [3.63, 3.8) is 0 Å². The highest BCUT2D eigenvalue weighted by Crippen LogP contribution is 2.31. The summed E-state index contributed by atoms with van der Waals surface area (Å²) in [5.74, 6) is 1.06. The molecule has 2 aromatic rings. The van der Waals surface area contributed by atoms with Crippen LogP contribution in [0.4, 0.5) is 11.4 Å². The summed E-state index contributed by atoms with van der Waals surface area (Å²) in [5, 5.41) is 0. The van der Waals surface area contributed by atoms with Crippen molar-refractivity contribution in [2.45, 2.75) is 149 Å². The molecule has 3 nitrogen and oxygen atoms in total. The third-order valence-electron chi connectivity index (χ3n) is 8.79. The van der Waals surface area contributed by atoms with Gasteiger partial charge in [0.05, 0.1) is 12.2 Å². The van der Waals surface area contributed by atoms with Crippen molar-refractivity contribution < 1.29 is 4.74 Å². The zero-order valence-electron chi connectivity index (χ0n) is 28.7. The van der Waals surface area contributed by atoms with Crippen LogP contribution in [0.2, 0.25) is 0 Å². The summed E-state index contributed by atoms with van der Waals surface area (Å²) in [4.78, 5) is 5.05. The monoisotopic (exact) mass is 593 g/mol. The van der Waals surface area contributed by atoms with Gasteiger partial charge in [-0.1, -0.05) is 160 Å². The first kappa shape index (κ1) is 37.0. The van der Waals surface area contributed by atoms with Gasteiger partial charge in [-0.05, 0) is 43.5 Å². The molecule has 1 aliphatic rings. The van der Waals surface area contributed by atoms with E-state index in [-0.39, 0.29) is 0 Å².